The number of nitrogens with one attached hydrogen (secondary N) is 1. The van der Waals surface area contributed by atoms with Gasteiger partial charge in [-0.1, -0.05) is 0 Å². The first kappa shape index (κ1) is 11.2. The van der Waals surface area contributed by atoms with E-state index < -0.39 is 0 Å². The van der Waals surface area contributed by atoms with Gasteiger partial charge in [-0.25, -0.2) is 0 Å². The number of aryl methyl sites for hydroxylation is 2. The van der Waals surface area contributed by atoms with Gasteiger partial charge in [-0.3, -0.25) is 9.58 Å². The molecule has 2 aliphatic heterocycles. The molecule has 3 heterocycles. The van der Waals surface area contributed by atoms with E-state index in [1.165, 1.54) is 37.9 Å². The van der Waals surface area contributed by atoms with Crippen LogP contribution in [0.25, 0.3) is 0 Å². The number of fused-ring (bicyclic) bond motifs is 1. The van der Waals surface area contributed by atoms with Crippen LogP contribution in [0.5, 0.6) is 0 Å². The molecule has 1 N–H and O–H groups in total. The Labute approximate surface area is 103 Å². The van der Waals surface area contributed by atoms with Crippen molar-refractivity contribution in [2.75, 3.05) is 13.1 Å². The summed E-state index contributed by atoms with van der Waals surface area (Å²) in [6, 6.07) is 1.49. The van der Waals surface area contributed by atoms with E-state index in [9.17, 15) is 0 Å². The Morgan fingerprint density at radius 1 is 1.41 bits per heavy atom. The summed E-state index contributed by atoms with van der Waals surface area (Å²) in [5, 5.41) is 8.12. The van der Waals surface area contributed by atoms with E-state index in [1.807, 2.05) is 11.7 Å². The van der Waals surface area contributed by atoms with Crippen LogP contribution in [-0.2, 0) is 13.6 Å². The SMILES string of the molecule is Cc1nn(C)cc1CNC1CCN2CCCC12. The molecular formula is C13H22N4. The summed E-state index contributed by atoms with van der Waals surface area (Å²) < 4.78 is 1.91. The van der Waals surface area contributed by atoms with Gasteiger partial charge in [-0.2, -0.15) is 5.10 Å². The predicted molar refractivity (Wildman–Crippen MR) is 67.8 cm³/mol. The smallest absolute Gasteiger partial charge is 0.0638 e. The molecule has 0 amide bonds. The molecule has 4 nitrogen and oxygen atoms in total. The topological polar surface area (TPSA) is 33.1 Å². The van der Waals surface area contributed by atoms with Crippen molar-refractivity contribution in [3.05, 3.63) is 17.5 Å². The molecular weight excluding hydrogens is 212 g/mol. The fraction of sp³-hybridized carbons (Fsp3) is 0.769. The Hall–Kier alpha value is -0.870. The lowest BCUT2D eigenvalue weighted by molar-refractivity contribution is 0.298. The molecule has 2 fully saturated rings. The van der Waals surface area contributed by atoms with Gasteiger partial charge in [0.25, 0.3) is 0 Å². The van der Waals surface area contributed by atoms with Gasteiger partial charge in [0.05, 0.1) is 5.69 Å². The molecule has 3 rings (SSSR count). The average molecular weight is 234 g/mol. The van der Waals surface area contributed by atoms with Gasteiger partial charge < -0.3 is 5.32 Å². The molecule has 2 unspecified atom stereocenters. The Kier molecular flexibility index (Phi) is 2.92. The Morgan fingerprint density at radius 2 is 2.29 bits per heavy atom. The summed E-state index contributed by atoms with van der Waals surface area (Å²) in [6.07, 6.45) is 6.20. The van der Waals surface area contributed by atoms with Crippen molar-refractivity contribution in [1.82, 2.24) is 20.0 Å². The third kappa shape index (κ3) is 2.11. The fourth-order valence-corrected chi connectivity index (χ4v) is 3.38. The minimum absolute atomic E-state index is 0.692. The van der Waals surface area contributed by atoms with Crippen LogP contribution in [0.2, 0.25) is 0 Å². The van der Waals surface area contributed by atoms with E-state index in [-0.39, 0.29) is 0 Å². The molecule has 0 saturated carbocycles. The molecule has 17 heavy (non-hydrogen) atoms. The van der Waals surface area contributed by atoms with Gasteiger partial charge in [0, 0.05) is 44.0 Å². The van der Waals surface area contributed by atoms with E-state index in [1.54, 1.807) is 0 Å². The lowest BCUT2D eigenvalue weighted by atomic mass is 10.1. The number of hydrogen-bond acceptors (Lipinski definition) is 3. The average Bonchev–Trinajstić information content (AvgIpc) is 2.92. The van der Waals surface area contributed by atoms with Crippen LogP contribution in [0.4, 0.5) is 0 Å². The van der Waals surface area contributed by atoms with Crippen molar-refractivity contribution in [3.63, 3.8) is 0 Å². The fourth-order valence-electron chi connectivity index (χ4n) is 3.38. The zero-order valence-electron chi connectivity index (χ0n) is 10.8. The minimum Gasteiger partial charge on any atom is -0.308 e. The van der Waals surface area contributed by atoms with Crippen molar-refractivity contribution in [1.29, 1.82) is 0 Å². The zero-order chi connectivity index (χ0) is 11.8. The van der Waals surface area contributed by atoms with Crippen molar-refractivity contribution in [3.8, 4) is 0 Å². The van der Waals surface area contributed by atoms with E-state index in [4.69, 9.17) is 0 Å². The van der Waals surface area contributed by atoms with E-state index in [0.29, 0.717) is 6.04 Å². The van der Waals surface area contributed by atoms with Crippen LogP contribution in [0, 0.1) is 6.92 Å². The summed E-state index contributed by atoms with van der Waals surface area (Å²) in [6.45, 7) is 5.66. The Morgan fingerprint density at radius 3 is 3.06 bits per heavy atom. The van der Waals surface area contributed by atoms with Crippen LogP contribution in [0.3, 0.4) is 0 Å². The van der Waals surface area contributed by atoms with Crippen molar-refractivity contribution < 1.29 is 0 Å². The summed E-state index contributed by atoms with van der Waals surface area (Å²) >= 11 is 0. The van der Waals surface area contributed by atoms with Gasteiger partial charge in [-0.05, 0) is 32.7 Å². The molecule has 2 aliphatic rings. The number of aromatic nitrogens is 2. The maximum Gasteiger partial charge on any atom is 0.0638 e. The normalized spacial score (nSPS) is 28.8. The third-order valence-electron chi connectivity index (χ3n) is 4.28. The van der Waals surface area contributed by atoms with Gasteiger partial charge in [0.1, 0.15) is 0 Å². The number of rotatable bonds is 3. The predicted octanol–water partition coefficient (Wildman–Crippen LogP) is 1.05. The first-order chi connectivity index (χ1) is 8.24. The van der Waals surface area contributed by atoms with Gasteiger partial charge in [0.15, 0.2) is 0 Å². The van der Waals surface area contributed by atoms with Crippen molar-refractivity contribution in [2.24, 2.45) is 7.05 Å². The highest BCUT2D eigenvalue weighted by molar-refractivity contribution is 5.15. The summed E-state index contributed by atoms with van der Waals surface area (Å²) in [5.41, 5.74) is 2.49. The quantitative estimate of drug-likeness (QED) is 0.849. The van der Waals surface area contributed by atoms with Crippen molar-refractivity contribution in [2.45, 2.75) is 44.8 Å². The molecule has 0 bridgehead atoms. The first-order valence-corrected chi connectivity index (χ1v) is 6.70. The van der Waals surface area contributed by atoms with Gasteiger partial charge >= 0.3 is 0 Å². The summed E-state index contributed by atoms with van der Waals surface area (Å²) in [4.78, 5) is 2.65. The molecule has 0 radical (unpaired) electrons. The third-order valence-corrected chi connectivity index (χ3v) is 4.28. The second-order valence-corrected chi connectivity index (χ2v) is 5.44. The largest absolute Gasteiger partial charge is 0.308 e. The lowest BCUT2D eigenvalue weighted by Gasteiger charge is -2.21. The molecule has 94 valence electrons. The second kappa shape index (κ2) is 4.42. The molecule has 0 spiro atoms. The zero-order valence-corrected chi connectivity index (χ0v) is 10.8. The van der Waals surface area contributed by atoms with Crippen molar-refractivity contribution >= 4 is 0 Å². The van der Waals surface area contributed by atoms with E-state index in [2.05, 4.69) is 28.4 Å². The Bertz CT molecular complexity index is 398. The monoisotopic (exact) mass is 234 g/mol. The molecule has 4 heteroatoms. The molecule has 2 saturated heterocycles. The van der Waals surface area contributed by atoms with Crippen LogP contribution >= 0.6 is 0 Å². The molecule has 0 aromatic carbocycles. The highest BCUT2D eigenvalue weighted by Crippen LogP contribution is 2.28. The standard InChI is InChI=1S/C13H22N4/c1-10-11(9-16(2)15-10)8-14-12-5-7-17-6-3-4-13(12)17/h9,12-14H,3-8H2,1-2H3. The minimum atomic E-state index is 0.692. The van der Waals surface area contributed by atoms with Crippen LogP contribution in [-0.4, -0.2) is 39.9 Å². The maximum absolute atomic E-state index is 4.39. The van der Waals surface area contributed by atoms with E-state index in [0.717, 1.165) is 18.3 Å². The lowest BCUT2D eigenvalue weighted by Crippen LogP contribution is -2.38. The Balaban J connectivity index is 1.59. The molecule has 1 aromatic heterocycles. The highest BCUT2D eigenvalue weighted by atomic mass is 15.3. The van der Waals surface area contributed by atoms with Crippen LogP contribution in [0.1, 0.15) is 30.5 Å². The van der Waals surface area contributed by atoms with Crippen LogP contribution < -0.4 is 5.32 Å². The summed E-state index contributed by atoms with van der Waals surface area (Å²) in [7, 11) is 1.99. The second-order valence-electron chi connectivity index (χ2n) is 5.44. The summed E-state index contributed by atoms with van der Waals surface area (Å²) in [5.74, 6) is 0. The first-order valence-electron chi connectivity index (χ1n) is 6.70. The van der Waals surface area contributed by atoms with E-state index >= 15 is 0 Å². The van der Waals surface area contributed by atoms with Gasteiger partial charge in [0.2, 0.25) is 0 Å². The molecule has 0 aliphatic carbocycles. The number of hydrogen-bond donors (Lipinski definition) is 1. The van der Waals surface area contributed by atoms with Crippen LogP contribution in [0.15, 0.2) is 6.20 Å². The molecule has 2 atom stereocenters. The number of nitrogens with zero attached hydrogens (tertiary/aromatic N) is 3. The highest BCUT2D eigenvalue weighted by Gasteiger charge is 2.36. The molecule has 1 aromatic rings. The van der Waals surface area contributed by atoms with Gasteiger partial charge in [-0.15, -0.1) is 0 Å². The maximum atomic E-state index is 4.39.